The second-order valence-electron chi connectivity index (χ2n) is 4.83. The Labute approximate surface area is 140 Å². The second-order valence-corrected chi connectivity index (χ2v) is 4.83. The molecule has 2 rings (SSSR count). The third-order valence-electron chi connectivity index (χ3n) is 3.05. The lowest BCUT2D eigenvalue weighted by atomic mass is 9.95. The quantitative estimate of drug-likeness (QED) is 0.692. The molecule has 0 aliphatic carbocycles. The van der Waals surface area contributed by atoms with Gasteiger partial charge in [0, 0.05) is 12.2 Å². The van der Waals surface area contributed by atoms with Gasteiger partial charge in [-0.15, -0.1) is 0 Å². The highest BCUT2D eigenvalue weighted by atomic mass is 17.2. The van der Waals surface area contributed by atoms with Crippen molar-refractivity contribution in [2.75, 3.05) is 0 Å². The molecule has 0 aromatic heterocycles. The fourth-order valence-electron chi connectivity index (χ4n) is 1.91. The Balaban J connectivity index is 2.53. The molecule has 25 heavy (non-hydrogen) atoms. The van der Waals surface area contributed by atoms with E-state index in [-0.39, 0.29) is 5.56 Å². The van der Waals surface area contributed by atoms with Crippen LogP contribution < -0.4 is 0 Å². The highest BCUT2D eigenvalue weighted by Crippen LogP contribution is 2.26. The van der Waals surface area contributed by atoms with Crippen molar-refractivity contribution in [3.8, 4) is 0 Å². The Morgan fingerprint density at radius 3 is 1.96 bits per heavy atom. The van der Waals surface area contributed by atoms with Gasteiger partial charge in [0.15, 0.2) is 0 Å². The summed E-state index contributed by atoms with van der Waals surface area (Å²) in [5, 5.41) is 19.6. The molecule has 0 spiro atoms. The van der Waals surface area contributed by atoms with Gasteiger partial charge in [0.1, 0.15) is 6.10 Å². The van der Waals surface area contributed by atoms with Crippen LogP contribution in [0.15, 0.2) is 30.4 Å². The van der Waals surface area contributed by atoms with Crippen LogP contribution in [-0.4, -0.2) is 40.2 Å². The molecule has 1 aromatic rings. The van der Waals surface area contributed by atoms with Gasteiger partial charge >= 0.3 is 23.9 Å². The molecule has 0 saturated heterocycles. The minimum absolute atomic E-state index is 0.190. The molecule has 2 N–H and O–H groups in total. The minimum atomic E-state index is -1.57. The number of rotatable bonds is 2. The summed E-state index contributed by atoms with van der Waals surface area (Å²) in [5.41, 5.74) is -1.17. The molecule has 1 aromatic carbocycles. The molecule has 2 unspecified atom stereocenters. The van der Waals surface area contributed by atoms with Gasteiger partial charge in [-0.2, -0.15) is 0 Å². The van der Waals surface area contributed by atoms with E-state index in [1.807, 2.05) is 0 Å². The van der Waals surface area contributed by atoms with Crippen molar-refractivity contribution in [1.29, 1.82) is 0 Å². The fraction of sp³-hybridized carbons (Fsp3) is 0.200. The smallest absolute Gasteiger partial charge is 0.387 e. The fourth-order valence-corrected chi connectivity index (χ4v) is 1.91. The topological polar surface area (TPSA) is 146 Å². The Hall–Kier alpha value is -3.24. The van der Waals surface area contributed by atoms with Gasteiger partial charge in [-0.25, -0.2) is 38.7 Å². The zero-order chi connectivity index (χ0) is 18.6. The van der Waals surface area contributed by atoms with Crippen LogP contribution >= 0.6 is 0 Å². The summed E-state index contributed by atoms with van der Waals surface area (Å²) >= 11 is 0. The summed E-state index contributed by atoms with van der Waals surface area (Å²) in [6, 6.07) is 3.65. The van der Waals surface area contributed by atoms with Gasteiger partial charge in [-0.1, -0.05) is 12.1 Å². The van der Waals surface area contributed by atoms with Crippen molar-refractivity contribution < 1.29 is 48.9 Å². The maximum absolute atomic E-state index is 12.2. The van der Waals surface area contributed by atoms with E-state index in [0.29, 0.717) is 12.2 Å². The van der Waals surface area contributed by atoms with Crippen LogP contribution in [0.3, 0.4) is 0 Å². The van der Waals surface area contributed by atoms with Gasteiger partial charge < -0.3 is 10.2 Å². The number of aliphatic hydroxyl groups is 2. The van der Waals surface area contributed by atoms with Crippen molar-refractivity contribution in [3.05, 3.63) is 47.0 Å². The molecule has 1 heterocycles. The first-order chi connectivity index (χ1) is 11.8. The van der Waals surface area contributed by atoms with Crippen molar-refractivity contribution >= 4 is 23.9 Å². The first-order valence-corrected chi connectivity index (χ1v) is 6.84. The number of hydrogen-bond donors (Lipinski definition) is 2. The van der Waals surface area contributed by atoms with Crippen LogP contribution in [0.1, 0.15) is 39.3 Å². The third-order valence-corrected chi connectivity index (χ3v) is 3.05. The monoisotopic (exact) mass is 352 g/mol. The molecule has 0 bridgehead atoms. The zero-order valence-electron chi connectivity index (χ0n) is 12.7. The normalized spacial score (nSPS) is 19.0. The molecular formula is C15H12O10. The number of carbonyl (C=O) groups is 4. The van der Waals surface area contributed by atoms with E-state index >= 15 is 0 Å². The number of aliphatic hydroxyl groups excluding tert-OH is 2. The molecule has 0 radical (unpaired) electrons. The summed E-state index contributed by atoms with van der Waals surface area (Å²) < 4.78 is 0. The van der Waals surface area contributed by atoms with E-state index in [2.05, 4.69) is 19.6 Å². The molecule has 1 aliphatic heterocycles. The zero-order valence-corrected chi connectivity index (χ0v) is 12.7. The van der Waals surface area contributed by atoms with Crippen molar-refractivity contribution in [1.82, 2.24) is 0 Å². The van der Waals surface area contributed by atoms with E-state index in [4.69, 9.17) is 0 Å². The van der Waals surface area contributed by atoms with Gasteiger partial charge in [-0.3, -0.25) is 0 Å². The van der Waals surface area contributed by atoms with Crippen molar-refractivity contribution in [2.45, 2.75) is 19.1 Å². The minimum Gasteiger partial charge on any atom is -0.390 e. The number of fused-ring (bicyclic) bond motifs is 1. The van der Waals surface area contributed by atoms with E-state index in [0.717, 1.165) is 6.07 Å². The number of hydrogen-bond acceptors (Lipinski definition) is 10. The van der Waals surface area contributed by atoms with Crippen LogP contribution in [0, 0.1) is 0 Å². The van der Waals surface area contributed by atoms with Crippen LogP contribution in [0.2, 0.25) is 0 Å². The average Bonchev–Trinajstić information content (AvgIpc) is 2.60. The van der Waals surface area contributed by atoms with Gasteiger partial charge in [0.2, 0.25) is 0 Å². The highest BCUT2D eigenvalue weighted by Gasteiger charge is 2.30. The Kier molecular flexibility index (Phi) is 5.47. The predicted octanol–water partition coefficient (Wildman–Crippen LogP) is -0.0994. The van der Waals surface area contributed by atoms with Crippen molar-refractivity contribution in [3.63, 3.8) is 0 Å². The number of benzene rings is 1. The molecule has 10 heteroatoms. The average molecular weight is 352 g/mol. The predicted molar refractivity (Wildman–Crippen MR) is 75.2 cm³/mol. The van der Waals surface area contributed by atoms with Crippen molar-refractivity contribution in [2.24, 2.45) is 0 Å². The summed E-state index contributed by atoms with van der Waals surface area (Å²) in [6.45, 7) is 1.25. The Morgan fingerprint density at radius 1 is 0.840 bits per heavy atom. The lowest BCUT2D eigenvalue weighted by Crippen LogP contribution is -2.23. The van der Waals surface area contributed by atoms with E-state index in [1.165, 1.54) is 19.1 Å². The molecule has 1 aliphatic rings. The Morgan fingerprint density at radius 2 is 1.40 bits per heavy atom. The largest absolute Gasteiger partial charge is 0.390 e. The maximum atomic E-state index is 12.2. The van der Waals surface area contributed by atoms with E-state index < -0.39 is 47.2 Å². The summed E-state index contributed by atoms with van der Waals surface area (Å²) in [7, 11) is 0. The molecule has 0 amide bonds. The van der Waals surface area contributed by atoms with Gasteiger partial charge in [0.05, 0.1) is 17.2 Å². The maximum Gasteiger partial charge on any atom is 0.387 e. The molecule has 0 fully saturated rings. The Bertz CT molecular complexity index is 749. The first kappa shape index (κ1) is 18.1. The summed E-state index contributed by atoms with van der Waals surface area (Å²) in [5.74, 6) is -4.97. The van der Waals surface area contributed by atoms with E-state index in [9.17, 15) is 29.4 Å². The summed E-state index contributed by atoms with van der Waals surface area (Å²) in [4.78, 5) is 63.7. The van der Waals surface area contributed by atoms with Crippen LogP contribution in [0.5, 0.6) is 0 Å². The molecule has 10 nitrogen and oxygen atoms in total. The molecule has 132 valence electrons. The standard InChI is InChI=1S/C15H12O10/c1-7(16)13(19)8-3-2-4-9-12(8)15(21)25-23-11(18)6-5-10(17)22-24-14(9)20/h2-7,13,16,19H,1H3/b6-5-. The SMILES string of the molecule is CC(O)C(O)c1cccc2c1C(=O)OOC(=O)/C=C\C(=O)OOC2=O. The van der Waals surface area contributed by atoms with Gasteiger partial charge in [-0.05, 0) is 18.6 Å². The highest BCUT2D eigenvalue weighted by molar-refractivity contribution is 6.04. The summed E-state index contributed by atoms with van der Waals surface area (Å²) in [6.07, 6.45) is -1.72. The second kappa shape index (κ2) is 7.55. The lowest BCUT2D eigenvalue weighted by Gasteiger charge is -2.18. The van der Waals surface area contributed by atoms with Crippen LogP contribution in [0.4, 0.5) is 0 Å². The molecule has 2 atom stereocenters. The first-order valence-electron chi connectivity index (χ1n) is 6.84. The molecular weight excluding hydrogens is 340 g/mol. The van der Waals surface area contributed by atoms with Crippen LogP contribution in [-0.2, 0) is 29.1 Å². The molecule has 0 saturated carbocycles. The number of carbonyl (C=O) groups excluding carboxylic acids is 4. The van der Waals surface area contributed by atoms with Crippen LogP contribution in [0.25, 0.3) is 0 Å². The third kappa shape index (κ3) is 4.19. The van der Waals surface area contributed by atoms with Gasteiger partial charge in [0.25, 0.3) is 0 Å². The lowest BCUT2D eigenvalue weighted by molar-refractivity contribution is -0.231. The van der Waals surface area contributed by atoms with E-state index in [1.54, 1.807) is 0 Å².